The van der Waals surface area contributed by atoms with Gasteiger partial charge in [0, 0.05) is 6.92 Å². The van der Waals surface area contributed by atoms with E-state index in [0.717, 1.165) is 0 Å². The lowest BCUT2D eigenvalue weighted by molar-refractivity contribution is -0.114. The van der Waals surface area contributed by atoms with E-state index in [1.165, 1.54) is 6.92 Å². The predicted octanol–water partition coefficient (Wildman–Crippen LogP) is 0.867. The maximum Gasteiger partial charge on any atom is 0.261 e. The minimum absolute atomic E-state index is 0.0425. The van der Waals surface area contributed by atoms with Crippen LogP contribution in [0.4, 0.5) is 11.4 Å². The molecule has 1 aliphatic rings. The van der Waals surface area contributed by atoms with E-state index in [1.807, 2.05) is 0 Å². The normalized spacial score (nSPS) is 26.6. The summed E-state index contributed by atoms with van der Waals surface area (Å²) in [6, 6.07) is 7.03. The van der Waals surface area contributed by atoms with Crippen LogP contribution in [0.5, 0.6) is 0 Å². The number of ether oxygens (including phenoxy) is 2. The van der Waals surface area contributed by atoms with Gasteiger partial charge in [-0.15, -0.1) is 0 Å². The smallest absolute Gasteiger partial charge is 0.261 e. The van der Waals surface area contributed by atoms with Crippen LogP contribution in [0.15, 0.2) is 24.3 Å². The number of thiocarbonyl (C=S) groups is 1. The molecule has 4 unspecified atom stereocenters. The van der Waals surface area contributed by atoms with Crippen LogP contribution < -0.4 is 10.6 Å². The van der Waals surface area contributed by atoms with E-state index in [-0.39, 0.29) is 17.7 Å². The van der Waals surface area contributed by atoms with Crippen LogP contribution >= 0.6 is 12.2 Å². The highest BCUT2D eigenvalue weighted by Gasteiger charge is 2.43. The first-order chi connectivity index (χ1) is 10.9. The van der Waals surface area contributed by atoms with E-state index in [4.69, 9.17) is 26.8 Å². The van der Waals surface area contributed by atoms with Crippen molar-refractivity contribution in [1.82, 2.24) is 0 Å². The van der Waals surface area contributed by atoms with Gasteiger partial charge in [-0.3, -0.25) is 4.79 Å². The number of aliphatic hydroxyl groups excluding tert-OH is 2. The quantitative estimate of drug-likeness (QED) is 0.604. The fourth-order valence-electron chi connectivity index (χ4n) is 2.39. The summed E-state index contributed by atoms with van der Waals surface area (Å²) in [6.07, 6.45) is -2.75. The Kier molecular flexibility index (Phi) is 5.89. The number of rotatable bonds is 4. The molecule has 7 nitrogen and oxygen atoms in total. The number of carbonyl (C=O) groups is 1. The van der Waals surface area contributed by atoms with Gasteiger partial charge in [0.25, 0.3) is 5.17 Å². The molecule has 1 heterocycles. The third-order valence-corrected chi connectivity index (χ3v) is 3.67. The Bertz CT molecular complexity index is 583. The van der Waals surface area contributed by atoms with Crippen LogP contribution in [0, 0.1) is 0 Å². The summed E-state index contributed by atoms with van der Waals surface area (Å²) in [4.78, 5) is 11.2. The highest BCUT2D eigenvalue weighted by molar-refractivity contribution is 7.80. The second kappa shape index (κ2) is 7.69. The van der Waals surface area contributed by atoms with Gasteiger partial charge in [0.1, 0.15) is 12.2 Å². The molecule has 126 valence electrons. The summed E-state index contributed by atoms with van der Waals surface area (Å²) < 4.78 is 10.9. The standard InChI is InChI=1S/C15H20N2O5S/c1-8-14(13(20)12(7-18)21-8)22-15(23)17-11-6-4-3-5-10(11)16-9(2)19/h3-6,8,12-14,18,20H,7H2,1-2H3,(H,16,19)(H,17,23). The zero-order valence-electron chi connectivity index (χ0n) is 12.9. The molecule has 1 fully saturated rings. The van der Waals surface area contributed by atoms with Gasteiger partial charge in [0.05, 0.1) is 24.1 Å². The van der Waals surface area contributed by atoms with Gasteiger partial charge < -0.3 is 30.3 Å². The molecule has 0 radical (unpaired) electrons. The Morgan fingerprint density at radius 1 is 1.35 bits per heavy atom. The van der Waals surface area contributed by atoms with Crippen molar-refractivity contribution in [3.63, 3.8) is 0 Å². The Hall–Kier alpha value is -1.74. The molecule has 4 N–H and O–H groups in total. The topological polar surface area (TPSA) is 100 Å². The molecule has 1 saturated heterocycles. The number of benzene rings is 1. The SMILES string of the molecule is CC(=O)Nc1ccccc1NC(=S)OC1C(C)OC(CO)C1O. The van der Waals surface area contributed by atoms with Crippen molar-refractivity contribution >= 4 is 34.7 Å². The number of para-hydroxylation sites is 2. The van der Waals surface area contributed by atoms with Gasteiger partial charge in [-0.1, -0.05) is 12.1 Å². The van der Waals surface area contributed by atoms with Crippen molar-refractivity contribution in [2.24, 2.45) is 0 Å². The number of anilines is 2. The van der Waals surface area contributed by atoms with Crippen molar-refractivity contribution in [3.05, 3.63) is 24.3 Å². The van der Waals surface area contributed by atoms with Gasteiger partial charge in [0.15, 0.2) is 6.10 Å². The minimum atomic E-state index is -0.972. The Balaban J connectivity index is 2.02. The lowest BCUT2D eigenvalue weighted by Crippen LogP contribution is -2.38. The Labute approximate surface area is 139 Å². The number of amides is 1. The summed E-state index contributed by atoms with van der Waals surface area (Å²) in [5.41, 5.74) is 1.14. The van der Waals surface area contributed by atoms with Crippen molar-refractivity contribution in [2.75, 3.05) is 17.2 Å². The molecule has 0 aliphatic carbocycles. The lowest BCUT2D eigenvalue weighted by atomic mass is 10.1. The predicted molar refractivity (Wildman–Crippen MR) is 89.3 cm³/mol. The van der Waals surface area contributed by atoms with Crippen molar-refractivity contribution in [1.29, 1.82) is 0 Å². The average Bonchev–Trinajstić information content (AvgIpc) is 2.76. The molecule has 23 heavy (non-hydrogen) atoms. The molecule has 8 heteroatoms. The highest BCUT2D eigenvalue weighted by Crippen LogP contribution is 2.25. The molecule has 1 aromatic carbocycles. The molecule has 1 amide bonds. The second-order valence-corrected chi connectivity index (χ2v) is 5.65. The maximum absolute atomic E-state index is 11.2. The van der Waals surface area contributed by atoms with Crippen LogP contribution in [0.2, 0.25) is 0 Å². The number of carbonyl (C=O) groups excluding carboxylic acids is 1. The van der Waals surface area contributed by atoms with Crippen LogP contribution in [0.3, 0.4) is 0 Å². The fraction of sp³-hybridized carbons (Fsp3) is 0.467. The molecule has 0 bridgehead atoms. The van der Waals surface area contributed by atoms with Gasteiger partial charge >= 0.3 is 0 Å². The molecular weight excluding hydrogens is 320 g/mol. The number of aliphatic hydroxyl groups is 2. The Morgan fingerprint density at radius 3 is 2.48 bits per heavy atom. The van der Waals surface area contributed by atoms with E-state index in [1.54, 1.807) is 31.2 Å². The zero-order chi connectivity index (χ0) is 17.0. The largest absolute Gasteiger partial charge is 0.462 e. The van der Waals surface area contributed by atoms with Crippen molar-refractivity contribution in [2.45, 2.75) is 38.3 Å². The lowest BCUT2D eigenvalue weighted by Gasteiger charge is -2.21. The first kappa shape index (κ1) is 17.6. The van der Waals surface area contributed by atoms with E-state index >= 15 is 0 Å². The summed E-state index contributed by atoms with van der Waals surface area (Å²) in [7, 11) is 0. The molecule has 0 spiro atoms. The Morgan fingerprint density at radius 2 is 1.96 bits per heavy atom. The fourth-order valence-corrected chi connectivity index (χ4v) is 2.61. The third kappa shape index (κ3) is 4.38. The van der Waals surface area contributed by atoms with Crippen LogP contribution in [0.1, 0.15) is 13.8 Å². The van der Waals surface area contributed by atoms with Gasteiger partial charge in [-0.2, -0.15) is 0 Å². The molecular formula is C15H20N2O5S. The van der Waals surface area contributed by atoms with E-state index < -0.39 is 24.4 Å². The number of nitrogens with one attached hydrogen (secondary N) is 2. The summed E-state index contributed by atoms with van der Waals surface area (Å²) in [5.74, 6) is -0.204. The van der Waals surface area contributed by atoms with Crippen LogP contribution in [-0.2, 0) is 14.3 Å². The first-order valence-corrected chi connectivity index (χ1v) is 7.62. The molecule has 1 aliphatic heterocycles. The third-order valence-electron chi connectivity index (χ3n) is 3.47. The molecule has 1 aromatic rings. The molecule has 2 rings (SSSR count). The molecule has 0 aromatic heterocycles. The van der Waals surface area contributed by atoms with E-state index in [9.17, 15) is 9.90 Å². The second-order valence-electron chi connectivity index (χ2n) is 5.27. The van der Waals surface area contributed by atoms with E-state index in [2.05, 4.69) is 10.6 Å². The molecule has 4 atom stereocenters. The van der Waals surface area contributed by atoms with Crippen molar-refractivity contribution < 1.29 is 24.5 Å². The van der Waals surface area contributed by atoms with Crippen LogP contribution in [-0.4, -0.2) is 52.3 Å². The number of hydrogen-bond donors (Lipinski definition) is 4. The monoisotopic (exact) mass is 340 g/mol. The summed E-state index contributed by atoms with van der Waals surface area (Å²) >= 11 is 5.15. The van der Waals surface area contributed by atoms with Gasteiger partial charge in [0.2, 0.25) is 5.91 Å². The van der Waals surface area contributed by atoms with E-state index in [0.29, 0.717) is 11.4 Å². The first-order valence-electron chi connectivity index (χ1n) is 7.21. The van der Waals surface area contributed by atoms with Gasteiger partial charge in [-0.05, 0) is 31.3 Å². The average molecular weight is 340 g/mol. The summed E-state index contributed by atoms with van der Waals surface area (Å²) in [5, 5.41) is 24.8. The maximum atomic E-state index is 11.2. The number of hydrogen-bond acceptors (Lipinski definition) is 6. The minimum Gasteiger partial charge on any atom is -0.462 e. The molecule has 0 saturated carbocycles. The van der Waals surface area contributed by atoms with Gasteiger partial charge in [-0.25, -0.2) is 0 Å². The highest BCUT2D eigenvalue weighted by atomic mass is 32.1. The zero-order valence-corrected chi connectivity index (χ0v) is 13.7. The summed E-state index contributed by atoms with van der Waals surface area (Å²) in [6.45, 7) is 2.85. The van der Waals surface area contributed by atoms with Crippen LogP contribution in [0.25, 0.3) is 0 Å². The van der Waals surface area contributed by atoms with Crippen molar-refractivity contribution in [3.8, 4) is 0 Å².